The zero-order chi connectivity index (χ0) is 14.8. The number of piperidine rings is 1. The van der Waals surface area contributed by atoms with Crippen LogP contribution in [-0.4, -0.2) is 22.9 Å². The lowest BCUT2D eigenvalue weighted by atomic mass is 9.75. The molecule has 0 spiro atoms. The molecule has 0 aromatic heterocycles. The highest BCUT2D eigenvalue weighted by molar-refractivity contribution is 6.32. The van der Waals surface area contributed by atoms with E-state index < -0.39 is 4.92 Å². The van der Waals surface area contributed by atoms with E-state index in [1.165, 1.54) is 32.1 Å². The van der Waals surface area contributed by atoms with Crippen LogP contribution in [0.25, 0.3) is 0 Å². The van der Waals surface area contributed by atoms with Gasteiger partial charge in [0.15, 0.2) is 0 Å². The quantitative estimate of drug-likeness (QED) is 0.619. The van der Waals surface area contributed by atoms with Gasteiger partial charge in [0.2, 0.25) is 0 Å². The highest BCUT2D eigenvalue weighted by atomic mass is 35.5. The number of hydrogen-bond acceptors (Lipinski definition) is 3. The standard InChI is InChI=1S/C16H21ClN2O2/c17-15-6-5-12(9-16(15)19(20)21)10-18-8-7-13-3-1-2-4-14(13)11-18/h5-6,9,13-14H,1-4,7-8,10-11H2. The van der Waals surface area contributed by atoms with Crippen molar-refractivity contribution >= 4 is 17.3 Å². The molecule has 2 fully saturated rings. The summed E-state index contributed by atoms with van der Waals surface area (Å²) in [7, 11) is 0. The van der Waals surface area contributed by atoms with Crippen molar-refractivity contribution in [3.63, 3.8) is 0 Å². The summed E-state index contributed by atoms with van der Waals surface area (Å²) in [4.78, 5) is 13.0. The lowest BCUT2D eigenvalue weighted by Crippen LogP contribution is -2.41. The van der Waals surface area contributed by atoms with Crippen molar-refractivity contribution in [2.24, 2.45) is 11.8 Å². The van der Waals surface area contributed by atoms with E-state index in [0.29, 0.717) is 0 Å². The first kappa shape index (κ1) is 14.8. The second kappa shape index (κ2) is 6.32. The van der Waals surface area contributed by atoms with Gasteiger partial charge in [-0.3, -0.25) is 15.0 Å². The maximum Gasteiger partial charge on any atom is 0.288 e. The molecule has 5 heteroatoms. The molecule has 2 aliphatic rings. The van der Waals surface area contributed by atoms with Gasteiger partial charge in [0.1, 0.15) is 5.02 Å². The Labute approximate surface area is 130 Å². The summed E-state index contributed by atoms with van der Waals surface area (Å²) in [6.07, 6.45) is 6.78. The number of nitro benzene ring substituents is 1. The zero-order valence-corrected chi connectivity index (χ0v) is 12.9. The molecular weight excluding hydrogens is 288 g/mol. The Hall–Kier alpha value is -1.13. The minimum Gasteiger partial charge on any atom is -0.299 e. The Morgan fingerprint density at radius 3 is 2.76 bits per heavy atom. The normalized spacial score (nSPS) is 26.3. The average Bonchev–Trinajstić information content (AvgIpc) is 2.49. The van der Waals surface area contributed by atoms with Gasteiger partial charge >= 0.3 is 0 Å². The summed E-state index contributed by atoms with van der Waals surface area (Å²) in [6, 6.07) is 5.17. The number of rotatable bonds is 3. The Morgan fingerprint density at radius 2 is 2.00 bits per heavy atom. The van der Waals surface area contributed by atoms with Crippen LogP contribution in [0.4, 0.5) is 5.69 Å². The summed E-state index contributed by atoms with van der Waals surface area (Å²) in [6.45, 7) is 3.04. The van der Waals surface area contributed by atoms with Crippen molar-refractivity contribution in [2.75, 3.05) is 13.1 Å². The van der Waals surface area contributed by atoms with E-state index in [2.05, 4.69) is 4.90 Å². The van der Waals surface area contributed by atoms with Crippen LogP contribution >= 0.6 is 11.6 Å². The van der Waals surface area contributed by atoms with Crippen molar-refractivity contribution in [1.82, 2.24) is 4.90 Å². The van der Waals surface area contributed by atoms with Crippen molar-refractivity contribution in [3.8, 4) is 0 Å². The maximum atomic E-state index is 11.0. The Kier molecular flexibility index (Phi) is 4.45. The summed E-state index contributed by atoms with van der Waals surface area (Å²) in [5.74, 6) is 1.74. The SMILES string of the molecule is O=[N+]([O-])c1cc(CN2CCC3CCCCC3C2)ccc1Cl. The van der Waals surface area contributed by atoms with E-state index in [4.69, 9.17) is 11.6 Å². The van der Waals surface area contributed by atoms with Crippen LogP contribution in [0.1, 0.15) is 37.7 Å². The molecular formula is C16H21ClN2O2. The summed E-state index contributed by atoms with van der Waals surface area (Å²) in [5, 5.41) is 11.2. The van der Waals surface area contributed by atoms with Gasteiger partial charge < -0.3 is 0 Å². The van der Waals surface area contributed by atoms with Crippen LogP contribution in [0, 0.1) is 22.0 Å². The monoisotopic (exact) mass is 308 g/mol. The van der Waals surface area contributed by atoms with Crippen LogP contribution in [-0.2, 0) is 6.54 Å². The van der Waals surface area contributed by atoms with Crippen LogP contribution in [0.5, 0.6) is 0 Å². The largest absolute Gasteiger partial charge is 0.299 e. The average molecular weight is 309 g/mol. The number of nitrogens with zero attached hydrogens (tertiary/aromatic N) is 2. The first-order valence-electron chi connectivity index (χ1n) is 7.78. The van der Waals surface area contributed by atoms with E-state index in [1.807, 2.05) is 6.07 Å². The van der Waals surface area contributed by atoms with Gasteiger partial charge in [0, 0.05) is 19.2 Å². The molecule has 1 aromatic carbocycles. The van der Waals surface area contributed by atoms with E-state index >= 15 is 0 Å². The topological polar surface area (TPSA) is 46.4 Å². The predicted octanol–water partition coefficient (Wildman–Crippen LogP) is 4.26. The van der Waals surface area contributed by atoms with Gasteiger partial charge in [-0.2, -0.15) is 0 Å². The first-order chi connectivity index (χ1) is 10.1. The lowest BCUT2D eigenvalue weighted by Gasteiger charge is -2.41. The van der Waals surface area contributed by atoms with Crippen LogP contribution in [0.2, 0.25) is 5.02 Å². The van der Waals surface area contributed by atoms with Gasteiger partial charge in [-0.25, -0.2) is 0 Å². The fraction of sp³-hybridized carbons (Fsp3) is 0.625. The Morgan fingerprint density at radius 1 is 1.24 bits per heavy atom. The second-order valence-electron chi connectivity index (χ2n) is 6.37. The lowest BCUT2D eigenvalue weighted by molar-refractivity contribution is -0.384. The summed E-state index contributed by atoms with van der Waals surface area (Å²) < 4.78 is 0. The highest BCUT2D eigenvalue weighted by Crippen LogP contribution is 2.36. The fourth-order valence-corrected chi connectivity index (χ4v) is 4.06. The molecule has 2 atom stereocenters. The molecule has 1 saturated heterocycles. The van der Waals surface area contributed by atoms with E-state index in [-0.39, 0.29) is 10.7 Å². The van der Waals surface area contributed by atoms with E-state index in [1.54, 1.807) is 12.1 Å². The van der Waals surface area contributed by atoms with Gasteiger partial charge in [-0.05, 0) is 42.9 Å². The fourth-order valence-electron chi connectivity index (χ4n) is 3.87. The summed E-state index contributed by atoms with van der Waals surface area (Å²) in [5.41, 5.74) is 1.00. The smallest absolute Gasteiger partial charge is 0.288 e. The molecule has 2 unspecified atom stereocenters. The molecule has 3 rings (SSSR count). The third-order valence-corrected chi connectivity index (χ3v) is 5.31. The number of nitro groups is 1. The molecule has 0 radical (unpaired) electrons. The zero-order valence-electron chi connectivity index (χ0n) is 12.1. The van der Waals surface area contributed by atoms with Crippen molar-refractivity contribution < 1.29 is 4.92 Å². The molecule has 0 N–H and O–H groups in total. The molecule has 114 valence electrons. The molecule has 1 aliphatic heterocycles. The minimum atomic E-state index is -0.404. The highest BCUT2D eigenvalue weighted by Gasteiger charge is 2.31. The number of hydrogen-bond donors (Lipinski definition) is 0. The van der Waals surface area contributed by atoms with Crippen molar-refractivity contribution in [3.05, 3.63) is 38.9 Å². The third-order valence-electron chi connectivity index (χ3n) is 4.99. The minimum absolute atomic E-state index is 0.0155. The number of likely N-dealkylation sites (tertiary alicyclic amines) is 1. The molecule has 21 heavy (non-hydrogen) atoms. The molecule has 1 aromatic rings. The molecule has 1 heterocycles. The van der Waals surface area contributed by atoms with Gasteiger partial charge in [-0.15, -0.1) is 0 Å². The van der Waals surface area contributed by atoms with Crippen molar-refractivity contribution in [1.29, 1.82) is 0 Å². The maximum absolute atomic E-state index is 11.0. The summed E-state index contributed by atoms with van der Waals surface area (Å²) >= 11 is 5.87. The molecule has 1 saturated carbocycles. The Balaban J connectivity index is 1.66. The molecule has 0 bridgehead atoms. The Bertz CT molecular complexity index is 535. The van der Waals surface area contributed by atoms with E-state index in [9.17, 15) is 10.1 Å². The van der Waals surface area contributed by atoms with Crippen LogP contribution in [0.15, 0.2) is 18.2 Å². The van der Waals surface area contributed by atoms with E-state index in [0.717, 1.165) is 37.0 Å². The second-order valence-corrected chi connectivity index (χ2v) is 6.78. The van der Waals surface area contributed by atoms with Gasteiger partial charge in [0.25, 0.3) is 5.69 Å². The van der Waals surface area contributed by atoms with Gasteiger partial charge in [-0.1, -0.05) is 36.9 Å². The molecule has 0 amide bonds. The number of benzene rings is 1. The van der Waals surface area contributed by atoms with Crippen LogP contribution in [0.3, 0.4) is 0 Å². The number of halogens is 1. The first-order valence-corrected chi connectivity index (χ1v) is 8.16. The van der Waals surface area contributed by atoms with Crippen LogP contribution < -0.4 is 0 Å². The van der Waals surface area contributed by atoms with Crippen molar-refractivity contribution in [2.45, 2.75) is 38.6 Å². The molecule has 4 nitrogen and oxygen atoms in total. The molecule has 1 aliphatic carbocycles. The third kappa shape index (κ3) is 3.38. The predicted molar refractivity (Wildman–Crippen MR) is 83.4 cm³/mol. The number of fused-ring (bicyclic) bond motifs is 1. The van der Waals surface area contributed by atoms with Gasteiger partial charge in [0.05, 0.1) is 4.92 Å².